The summed E-state index contributed by atoms with van der Waals surface area (Å²) in [4.78, 5) is 0. The van der Waals surface area contributed by atoms with Gasteiger partial charge >= 0.3 is 0 Å². The summed E-state index contributed by atoms with van der Waals surface area (Å²) in [5.41, 5.74) is 0.983. The first-order valence-corrected chi connectivity index (χ1v) is 4.13. The Morgan fingerprint density at radius 3 is 2.67 bits per heavy atom. The number of benzene rings is 1. The molecule has 66 valence electrons. The summed E-state index contributed by atoms with van der Waals surface area (Å²) < 4.78 is 12.6. The molecule has 0 radical (unpaired) electrons. The Morgan fingerprint density at radius 2 is 2.17 bits per heavy atom. The van der Waals surface area contributed by atoms with Gasteiger partial charge in [0.2, 0.25) is 0 Å². The largest absolute Gasteiger partial charge is 0.505 e. The van der Waals surface area contributed by atoms with E-state index in [0.717, 1.165) is 12.0 Å². The first kappa shape index (κ1) is 9.04. The second kappa shape index (κ2) is 3.57. The number of hydrogen-bond acceptors (Lipinski definition) is 1. The molecule has 2 heteroatoms. The highest BCUT2D eigenvalue weighted by Gasteiger charge is 2.05. The zero-order chi connectivity index (χ0) is 9.14. The summed E-state index contributed by atoms with van der Waals surface area (Å²) in [6, 6.07) is 4.50. The van der Waals surface area contributed by atoms with Gasteiger partial charge < -0.3 is 5.11 Å². The molecule has 1 rings (SSSR count). The highest BCUT2D eigenvalue weighted by atomic mass is 19.1. The van der Waals surface area contributed by atoms with E-state index < -0.39 is 5.82 Å². The molecule has 0 unspecified atom stereocenters. The Hall–Kier alpha value is -1.05. The fourth-order valence-corrected chi connectivity index (χ4v) is 1.07. The molecule has 0 fully saturated rings. The van der Waals surface area contributed by atoms with Crippen LogP contribution in [0.15, 0.2) is 18.2 Å². The van der Waals surface area contributed by atoms with Crippen molar-refractivity contribution in [2.45, 2.75) is 26.2 Å². The third kappa shape index (κ3) is 1.76. The Bertz CT molecular complexity index is 271. The minimum absolute atomic E-state index is 0.257. The molecule has 0 aliphatic heterocycles. The van der Waals surface area contributed by atoms with Gasteiger partial charge in [0.05, 0.1) is 0 Å². The predicted octanol–water partition coefficient (Wildman–Crippen LogP) is 3.04. The smallest absolute Gasteiger partial charge is 0.164 e. The third-order valence-electron chi connectivity index (χ3n) is 2.15. The predicted molar refractivity (Wildman–Crippen MR) is 46.8 cm³/mol. The molecule has 1 aromatic carbocycles. The number of rotatable bonds is 2. The number of phenolic OH excluding ortho intramolecular Hbond substituents is 1. The van der Waals surface area contributed by atoms with Crippen LogP contribution in [-0.4, -0.2) is 5.11 Å². The first-order valence-electron chi connectivity index (χ1n) is 4.13. The lowest BCUT2D eigenvalue weighted by molar-refractivity contribution is 0.431. The zero-order valence-electron chi connectivity index (χ0n) is 7.34. The highest BCUT2D eigenvalue weighted by molar-refractivity contribution is 5.30. The standard InChI is InChI=1S/C10H13FO/c1-3-7(2)8-4-5-9(11)10(12)6-8/h4-7,12H,3H2,1-2H3/t7-/m1/s1. The van der Waals surface area contributed by atoms with E-state index in [1.54, 1.807) is 6.07 Å². The monoisotopic (exact) mass is 168 g/mol. The van der Waals surface area contributed by atoms with E-state index in [9.17, 15) is 4.39 Å². The average Bonchev–Trinajstić information content (AvgIpc) is 2.08. The van der Waals surface area contributed by atoms with E-state index in [0.29, 0.717) is 5.92 Å². The Morgan fingerprint density at radius 1 is 1.50 bits per heavy atom. The van der Waals surface area contributed by atoms with Crippen LogP contribution in [0.1, 0.15) is 31.7 Å². The number of phenols is 1. The fraction of sp³-hybridized carbons (Fsp3) is 0.400. The summed E-state index contributed by atoms with van der Waals surface area (Å²) in [5.74, 6) is -0.439. The molecule has 0 saturated carbocycles. The molecule has 0 aliphatic rings. The van der Waals surface area contributed by atoms with Gasteiger partial charge in [-0.2, -0.15) is 0 Å². The summed E-state index contributed by atoms with van der Waals surface area (Å²) in [7, 11) is 0. The van der Waals surface area contributed by atoms with Gasteiger partial charge in [0.1, 0.15) is 0 Å². The molecule has 12 heavy (non-hydrogen) atoms. The van der Waals surface area contributed by atoms with Gasteiger partial charge in [-0.1, -0.05) is 19.9 Å². The van der Waals surface area contributed by atoms with Crippen LogP contribution >= 0.6 is 0 Å². The first-order chi connectivity index (χ1) is 5.65. The molecule has 0 bridgehead atoms. The lowest BCUT2D eigenvalue weighted by Crippen LogP contribution is -1.91. The maximum atomic E-state index is 12.6. The van der Waals surface area contributed by atoms with Gasteiger partial charge in [0, 0.05) is 0 Å². The molecule has 1 N–H and O–H groups in total. The van der Waals surface area contributed by atoms with Gasteiger partial charge in [-0.25, -0.2) is 4.39 Å². The second-order valence-corrected chi connectivity index (χ2v) is 3.02. The Kier molecular flexibility index (Phi) is 2.69. The lowest BCUT2D eigenvalue weighted by Gasteiger charge is -2.08. The molecule has 0 heterocycles. The minimum atomic E-state index is -0.554. The Balaban J connectivity index is 2.96. The Labute approximate surface area is 71.9 Å². The van der Waals surface area contributed by atoms with Crippen molar-refractivity contribution in [3.8, 4) is 5.75 Å². The van der Waals surface area contributed by atoms with E-state index in [-0.39, 0.29) is 5.75 Å². The normalized spacial score (nSPS) is 12.9. The molecule has 1 atom stereocenters. The van der Waals surface area contributed by atoms with Crippen LogP contribution in [0.25, 0.3) is 0 Å². The molecule has 1 nitrogen and oxygen atoms in total. The second-order valence-electron chi connectivity index (χ2n) is 3.02. The third-order valence-corrected chi connectivity index (χ3v) is 2.15. The average molecular weight is 168 g/mol. The van der Waals surface area contributed by atoms with E-state index in [1.807, 2.05) is 6.92 Å². The van der Waals surface area contributed by atoms with Crippen LogP contribution in [-0.2, 0) is 0 Å². The highest BCUT2D eigenvalue weighted by Crippen LogP contribution is 2.24. The van der Waals surface area contributed by atoms with Crippen molar-refractivity contribution < 1.29 is 9.50 Å². The quantitative estimate of drug-likeness (QED) is 0.719. The molecular formula is C10H13FO. The molecule has 0 aliphatic carbocycles. The molecular weight excluding hydrogens is 155 g/mol. The van der Waals surface area contributed by atoms with Gasteiger partial charge in [0.25, 0.3) is 0 Å². The van der Waals surface area contributed by atoms with Crippen molar-refractivity contribution in [2.75, 3.05) is 0 Å². The molecule has 0 spiro atoms. The van der Waals surface area contributed by atoms with Crippen LogP contribution < -0.4 is 0 Å². The molecule has 0 amide bonds. The molecule has 1 aromatic rings. The van der Waals surface area contributed by atoms with Crippen LogP contribution in [0.3, 0.4) is 0 Å². The van der Waals surface area contributed by atoms with Crippen molar-refractivity contribution in [2.24, 2.45) is 0 Å². The molecule has 0 aromatic heterocycles. The zero-order valence-corrected chi connectivity index (χ0v) is 7.34. The van der Waals surface area contributed by atoms with Crippen LogP contribution in [0.2, 0.25) is 0 Å². The summed E-state index contributed by atoms with van der Waals surface area (Å²) in [6.07, 6.45) is 0.991. The SMILES string of the molecule is CC[C@@H](C)c1ccc(F)c(O)c1. The van der Waals surface area contributed by atoms with Gasteiger partial charge in [-0.3, -0.25) is 0 Å². The van der Waals surface area contributed by atoms with Crippen molar-refractivity contribution in [1.82, 2.24) is 0 Å². The van der Waals surface area contributed by atoms with Crippen LogP contribution in [0.5, 0.6) is 5.75 Å². The maximum Gasteiger partial charge on any atom is 0.164 e. The maximum absolute atomic E-state index is 12.6. The number of hydrogen-bond donors (Lipinski definition) is 1. The van der Waals surface area contributed by atoms with Crippen molar-refractivity contribution in [1.29, 1.82) is 0 Å². The van der Waals surface area contributed by atoms with Gasteiger partial charge in [0.15, 0.2) is 11.6 Å². The van der Waals surface area contributed by atoms with Crippen LogP contribution in [0, 0.1) is 5.82 Å². The van der Waals surface area contributed by atoms with Crippen molar-refractivity contribution in [3.63, 3.8) is 0 Å². The van der Waals surface area contributed by atoms with Gasteiger partial charge in [-0.15, -0.1) is 0 Å². The topological polar surface area (TPSA) is 20.2 Å². The minimum Gasteiger partial charge on any atom is -0.505 e. The van der Waals surface area contributed by atoms with E-state index in [1.165, 1.54) is 12.1 Å². The van der Waals surface area contributed by atoms with E-state index in [4.69, 9.17) is 5.11 Å². The fourth-order valence-electron chi connectivity index (χ4n) is 1.07. The van der Waals surface area contributed by atoms with E-state index >= 15 is 0 Å². The number of aromatic hydroxyl groups is 1. The summed E-state index contributed by atoms with van der Waals surface area (Å²) in [5, 5.41) is 9.07. The lowest BCUT2D eigenvalue weighted by atomic mass is 9.98. The van der Waals surface area contributed by atoms with Crippen molar-refractivity contribution >= 4 is 0 Å². The van der Waals surface area contributed by atoms with Crippen LogP contribution in [0.4, 0.5) is 4.39 Å². The molecule has 0 saturated heterocycles. The van der Waals surface area contributed by atoms with Crippen molar-refractivity contribution in [3.05, 3.63) is 29.6 Å². The van der Waals surface area contributed by atoms with E-state index in [2.05, 4.69) is 6.92 Å². The summed E-state index contributed by atoms with van der Waals surface area (Å²) in [6.45, 7) is 4.11. The summed E-state index contributed by atoms with van der Waals surface area (Å²) >= 11 is 0. The van der Waals surface area contributed by atoms with Gasteiger partial charge in [-0.05, 0) is 30.0 Å². The number of halogens is 1.